The van der Waals surface area contributed by atoms with Gasteiger partial charge in [-0.15, -0.1) is 0 Å². The predicted molar refractivity (Wildman–Crippen MR) is 84.4 cm³/mol. The molecule has 1 aromatic carbocycles. The topological polar surface area (TPSA) is 46.3 Å². The third kappa shape index (κ3) is 3.44. The van der Waals surface area contributed by atoms with Crippen LogP contribution in [-0.4, -0.2) is 22.5 Å². The quantitative estimate of drug-likeness (QED) is 0.861. The molecule has 1 atom stereocenters. The van der Waals surface area contributed by atoms with Crippen LogP contribution in [0.25, 0.3) is 0 Å². The lowest BCUT2D eigenvalue weighted by atomic mass is 10.1. The van der Waals surface area contributed by atoms with E-state index in [4.69, 9.17) is 4.52 Å². The van der Waals surface area contributed by atoms with E-state index >= 15 is 0 Å². The zero-order valence-corrected chi connectivity index (χ0v) is 13.5. The minimum Gasteiger partial charge on any atom is -0.361 e. The monoisotopic (exact) mass is 316 g/mol. The second-order valence-corrected chi connectivity index (χ2v) is 6.36. The van der Waals surface area contributed by atoms with Gasteiger partial charge in [0.1, 0.15) is 17.3 Å². The summed E-state index contributed by atoms with van der Waals surface area (Å²) in [5.74, 6) is 0.885. The number of aromatic nitrogens is 1. The Hall–Kier alpha value is -2.17. The van der Waals surface area contributed by atoms with Crippen molar-refractivity contribution in [3.63, 3.8) is 0 Å². The van der Waals surface area contributed by atoms with Crippen LogP contribution in [0, 0.1) is 5.82 Å². The molecular weight excluding hydrogens is 295 g/mol. The van der Waals surface area contributed by atoms with Crippen LogP contribution >= 0.6 is 0 Å². The molecule has 1 amide bonds. The highest BCUT2D eigenvalue weighted by Gasteiger charge is 2.32. The second kappa shape index (κ2) is 6.52. The predicted octanol–water partition coefficient (Wildman–Crippen LogP) is 3.84. The van der Waals surface area contributed by atoms with Crippen molar-refractivity contribution in [2.75, 3.05) is 6.54 Å². The van der Waals surface area contributed by atoms with Gasteiger partial charge in [-0.2, -0.15) is 0 Å². The summed E-state index contributed by atoms with van der Waals surface area (Å²) in [6, 6.07) is 8.03. The summed E-state index contributed by atoms with van der Waals surface area (Å²) < 4.78 is 18.3. The van der Waals surface area contributed by atoms with Crippen LogP contribution in [0.1, 0.15) is 55.7 Å². The molecule has 5 heteroatoms. The summed E-state index contributed by atoms with van der Waals surface area (Å²) in [7, 11) is 0. The lowest BCUT2D eigenvalue weighted by molar-refractivity contribution is -0.131. The maximum atomic E-state index is 13.0. The van der Waals surface area contributed by atoms with Crippen molar-refractivity contribution in [3.05, 3.63) is 53.2 Å². The summed E-state index contributed by atoms with van der Waals surface area (Å²) in [5.41, 5.74) is 1.66. The molecule has 1 aliphatic rings. The van der Waals surface area contributed by atoms with Crippen LogP contribution in [0.4, 0.5) is 4.39 Å². The Balaban J connectivity index is 1.72. The number of hydrogen-bond donors (Lipinski definition) is 0. The van der Waals surface area contributed by atoms with Gasteiger partial charge in [0, 0.05) is 18.5 Å². The number of benzene rings is 1. The number of likely N-dealkylation sites (tertiary alicyclic amines) is 1. The van der Waals surface area contributed by atoms with Gasteiger partial charge in [-0.3, -0.25) is 4.79 Å². The van der Waals surface area contributed by atoms with Crippen LogP contribution in [0.2, 0.25) is 0 Å². The SMILES string of the molecule is CC(C)c1cc([C@H]2CCCN2C(=O)Cc2ccc(F)cc2)no1. The number of rotatable bonds is 4. The molecule has 0 saturated carbocycles. The fourth-order valence-electron chi connectivity index (χ4n) is 2.98. The Morgan fingerprint density at radius 2 is 2.13 bits per heavy atom. The van der Waals surface area contributed by atoms with Gasteiger partial charge in [-0.1, -0.05) is 31.1 Å². The molecule has 3 rings (SSSR count). The molecule has 1 aliphatic heterocycles. The summed E-state index contributed by atoms with van der Waals surface area (Å²) in [6.45, 7) is 4.83. The fourth-order valence-corrected chi connectivity index (χ4v) is 2.98. The number of hydrogen-bond acceptors (Lipinski definition) is 3. The molecule has 2 aromatic rings. The first-order valence-electron chi connectivity index (χ1n) is 8.05. The van der Waals surface area contributed by atoms with Gasteiger partial charge in [0.2, 0.25) is 5.91 Å². The van der Waals surface area contributed by atoms with E-state index in [2.05, 4.69) is 19.0 Å². The van der Waals surface area contributed by atoms with Gasteiger partial charge >= 0.3 is 0 Å². The van der Waals surface area contributed by atoms with Crippen molar-refractivity contribution >= 4 is 5.91 Å². The third-order valence-electron chi connectivity index (χ3n) is 4.30. The van der Waals surface area contributed by atoms with Crippen LogP contribution in [0.3, 0.4) is 0 Å². The normalized spacial score (nSPS) is 17.9. The average Bonchev–Trinajstić information content (AvgIpc) is 3.17. The summed E-state index contributed by atoms with van der Waals surface area (Å²) in [5, 5.41) is 4.15. The molecule has 122 valence electrons. The summed E-state index contributed by atoms with van der Waals surface area (Å²) in [6.07, 6.45) is 2.15. The van der Waals surface area contributed by atoms with Crippen LogP contribution in [-0.2, 0) is 11.2 Å². The average molecular weight is 316 g/mol. The Morgan fingerprint density at radius 1 is 1.39 bits per heavy atom. The molecule has 0 spiro atoms. The molecule has 23 heavy (non-hydrogen) atoms. The van der Waals surface area contributed by atoms with E-state index in [1.807, 2.05) is 11.0 Å². The van der Waals surface area contributed by atoms with Gasteiger partial charge in [-0.25, -0.2) is 4.39 Å². The van der Waals surface area contributed by atoms with Crippen molar-refractivity contribution in [2.24, 2.45) is 0 Å². The molecule has 1 aromatic heterocycles. The Labute approximate surface area is 135 Å². The van der Waals surface area contributed by atoms with Gasteiger partial charge < -0.3 is 9.42 Å². The van der Waals surface area contributed by atoms with Crippen molar-refractivity contribution in [2.45, 2.75) is 45.1 Å². The zero-order chi connectivity index (χ0) is 16.4. The van der Waals surface area contributed by atoms with Gasteiger partial charge in [0.05, 0.1) is 12.5 Å². The van der Waals surface area contributed by atoms with E-state index in [0.29, 0.717) is 0 Å². The maximum Gasteiger partial charge on any atom is 0.227 e. The van der Waals surface area contributed by atoms with Crippen LogP contribution < -0.4 is 0 Å². The minimum absolute atomic E-state index is 0.0146. The number of carbonyl (C=O) groups is 1. The summed E-state index contributed by atoms with van der Waals surface area (Å²) in [4.78, 5) is 14.5. The molecule has 0 radical (unpaired) electrons. The minimum atomic E-state index is -0.288. The lowest BCUT2D eigenvalue weighted by Gasteiger charge is -2.23. The largest absolute Gasteiger partial charge is 0.361 e. The van der Waals surface area contributed by atoms with E-state index in [9.17, 15) is 9.18 Å². The lowest BCUT2D eigenvalue weighted by Crippen LogP contribution is -2.32. The Kier molecular flexibility index (Phi) is 4.46. The van der Waals surface area contributed by atoms with Crippen molar-refractivity contribution in [1.29, 1.82) is 0 Å². The maximum absolute atomic E-state index is 13.0. The van der Waals surface area contributed by atoms with Crippen LogP contribution in [0.15, 0.2) is 34.9 Å². The molecule has 0 bridgehead atoms. The first-order chi connectivity index (χ1) is 11.0. The van der Waals surface area contributed by atoms with E-state index in [-0.39, 0.29) is 30.1 Å². The Bertz CT molecular complexity index is 679. The summed E-state index contributed by atoms with van der Waals surface area (Å²) >= 11 is 0. The number of halogens is 1. The highest BCUT2D eigenvalue weighted by molar-refractivity contribution is 5.79. The molecule has 4 nitrogen and oxygen atoms in total. The highest BCUT2D eigenvalue weighted by Crippen LogP contribution is 2.33. The van der Waals surface area contributed by atoms with Crippen molar-refractivity contribution in [3.8, 4) is 0 Å². The molecule has 1 saturated heterocycles. The molecule has 2 heterocycles. The number of amides is 1. The van der Waals surface area contributed by atoms with Gasteiger partial charge in [0.25, 0.3) is 0 Å². The zero-order valence-electron chi connectivity index (χ0n) is 13.5. The van der Waals surface area contributed by atoms with E-state index < -0.39 is 0 Å². The van der Waals surface area contributed by atoms with Gasteiger partial charge in [-0.05, 0) is 30.5 Å². The molecule has 0 unspecified atom stereocenters. The fraction of sp³-hybridized carbons (Fsp3) is 0.444. The molecule has 1 fully saturated rings. The van der Waals surface area contributed by atoms with E-state index in [0.717, 1.165) is 36.4 Å². The smallest absolute Gasteiger partial charge is 0.227 e. The second-order valence-electron chi connectivity index (χ2n) is 6.36. The number of nitrogens with zero attached hydrogens (tertiary/aromatic N) is 2. The van der Waals surface area contributed by atoms with Crippen LogP contribution in [0.5, 0.6) is 0 Å². The molecule has 0 aliphatic carbocycles. The first-order valence-corrected chi connectivity index (χ1v) is 8.05. The van der Waals surface area contributed by atoms with Gasteiger partial charge in [0.15, 0.2) is 0 Å². The third-order valence-corrected chi connectivity index (χ3v) is 4.30. The van der Waals surface area contributed by atoms with E-state index in [1.54, 1.807) is 12.1 Å². The molecule has 0 N–H and O–H groups in total. The molecular formula is C18H21FN2O2. The standard InChI is InChI=1S/C18H21FN2O2/c1-12(2)17-11-15(20-23-17)16-4-3-9-21(16)18(22)10-13-5-7-14(19)8-6-13/h5-8,11-12,16H,3-4,9-10H2,1-2H3/t16-/m1/s1. The highest BCUT2D eigenvalue weighted by atomic mass is 19.1. The van der Waals surface area contributed by atoms with Crippen molar-refractivity contribution < 1.29 is 13.7 Å². The first kappa shape index (κ1) is 15.7. The van der Waals surface area contributed by atoms with Crippen molar-refractivity contribution in [1.82, 2.24) is 10.1 Å². The Morgan fingerprint density at radius 3 is 2.78 bits per heavy atom. The number of carbonyl (C=O) groups excluding carboxylic acids is 1. The van der Waals surface area contributed by atoms with E-state index in [1.165, 1.54) is 12.1 Å².